The molecule has 0 aromatic heterocycles. The van der Waals surface area contributed by atoms with Crippen molar-refractivity contribution in [1.29, 1.82) is 0 Å². The molecule has 0 radical (unpaired) electrons. The summed E-state index contributed by atoms with van der Waals surface area (Å²) in [6.45, 7) is 1.51. The van der Waals surface area contributed by atoms with Crippen molar-refractivity contribution in [3.05, 3.63) is 0 Å². The minimum absolute atomic E-state index is 0.0199. The predicted octanol–water partition coefficient (Wildman–Crippen LogP) is 2.95. The minimum Gasteiger partial charge on any atom is -0.481 e. The van der Waals surface area contributed by atoms with Gasteiger partial charge in [0, 0.05) is 26.2 Å². The van der Waals surface area contributed by atoms with Crippen molar-refractivity contribution < 1.29 is 14.7 Å². The Morgan fingerprint density at radius 3 is 2.43 bits per heavy atom. The summed E-state index contributed by atoms with van der Waals surface area (Å²) in [4.78, 5) is 27.2. The molecule has 1 atom stereocenters. The smallest absolute Gasteiger partial charge is 0.320 e. The highest BCUT2D eigenvalue weighted by molar-refractivity contribution is 5.76. The van der Waals surface area contributed by atoms with E-state index in [0.717, 1.165) is 25.8 Å². The van der Waals surface area contributed by atoms with Crippen molar-refractivity contribution in [3.63, 3.8) is 0 Å². The van der Waals surface area contributed by atoms with Crippen LogP contribution in [0, 0.1) is 5.92 Å². The zero-order valence-corrected chi connectivity index (χ0v) is 13.1. The van der Waals surface area contributed by atoms with Crippen LogP contribution < -0.4 is 0 Å². The number of carboxylic acids is 1. The molecule has 2 fully saturated rings. The Morgan fingerprint density at radius 2 is 1.76 bits per heavy atom. The van der Waals surface area contributed by atoms with Crippen LogP contribution in [0.25, 0.3) is 0 Å². The average Bonchev–Trinajstić information content (AvgIpc) is 2.47. The van der Waals surface area contributed by atoms with Gasteiger partial charge in [-0.1, -0.05) is 19.3 Å². The molecule has 0 spiro atoms. The zero-order valence-electron chi connectivity index (χ0n) is 13.1. The lowest BCUT2D eigenvalue weighted by Gasteiger charge is -2.38. The van der Waals surface area contributed by atoms with Gasteiger partial charge >= 0.3 is 12.0 Å². The fourth-order valence-electron chi connectivity index (χ4n) is 3.72. The highest BCUT2D eigenvalue weighted by atomic mass is 16.4. The lowest BCUT2D eigenvalue weighted by atomic mass is 9.89. The van der Waals surface area contributed by atoms with Crippen molar-refractivity contribution in [2.24, 2.45) is 5.92 Å². The first-order chi connectivity index (χ1) is 10.1. The molecule has 2 rings (SSSR count). The van der Waals surface area contributed by atoms with Crippen LogP contribution >= 0.6 is 0 Å². The second-order valence-corrected chi connectivity index (χ2v) is 6.61. The third-order valence-corrected chi connectivity index (χ3v) is 4.87. The van der Waals surface area contributed by atoms with Crippen molar-refractivity contribution in [3.8, 4) is 0 Å². The zero-order chi connectivity index (χ0) is 15.2. The van der Waals surface area contributed by atoms with Gasteiger partial charge in [-0.25, -0.2) is 4.79 Å². The number of piperidine rings is 1. The van der Waals surface area contributed by atoms with E-state index in [0.29, 0.717) is 12.5 Å². The Kier molecular flexibility index (Phi) is 5.88. The van der Waals surface area contributed by atoms with Crippen molar-refractivity contribution in [1.82, 2.24) is 9.80 Å². The number of amides is 2. The molecule has 1 unspecified atom stereocenters. The topological polar surface area (TPSA) is 60.9 Å². The van der Waals surface area contributed by atoms with Crippen molar-refractivity contribution in [2.75, 3.05) is 20.1 Å². The van der Waals surface area contributed by atoms with Crippen LogP contribution in [-0.2, 0) is 4.79 Å². The molecule has 1 heterocycles. The molecule has 0 bridgehead atoms. The van der Waals surface area contributed by atoms with Crippen LogP contribution in [0.4, 0.5) is 4.79 Å². The third-order valence-electron chi connectivity index (χ3n) is 4.87. The SMILES string of the molecule is CN(CC1CCCCC1)C(=O)N1CCCCC1CC(=O)O. The molecule has 0 aromatic carbocycles. The maximum atomic E-state index is 12.6. The van der Waals surface area contributed by atoms with Gasteiger partial charge in [0.05, 0.1) is 6.42 Å². The van der Waals surface area contributed by atoms with E-state index in [4.69, 9.17) is 5.11 Å². The number of nitrogens with zero attached hydrogens (tertiary/aromatic N) is 2. The first-order valence-corrected chi connectivity index (χ1v) is 8.31. The van der Waals surface area contributed by atoms with Crippen LogP contribution in [-0.4, -0.2) is 53.1 Å². The summed E-state index contributed by atoms with van der Waals surface area (Å²) < 4.78 is 0. The molecule has 21 heavy (non-hydrogen) atoms. The fourth-order valence-corrected chi connectivity index (χ4v) is 3.72. The van der Waals surface area contributed by atoms with Gasteiger partial charge in [0.25, 0.3) is 0 Å². The summed E-state index contributed by atoms with van der Waals surface area (Å²) in [5, 5.41) is 9.01. The van der Waals surface area contributed by atoms with E-state index < -0.39 is 5.97 Å². The number of carbonyl (C=O) groups is 2. The van der Waals surface area contributed by atoms with Crippen molar-refractivity contribution in [2.45, 2.75) is 63.8 Å². The van der Waals surface area contributed by atoms with Gasteiger partial charge in [0.1, 0.15) is 0 Å². The summed E-state index contributed by atoms with van der Waals surface area (Å²) >= 11 is 0. The average molecular weight is 296 g/mol. The first-order valence-electron chi connectivity index (χ1n) is 8.31. The molecule has 120 valence electrons. The van der Waals surface area contributed by atoms with Gasteiger partial charge < -0.3 is 14.9 Å². The number of carbonyl (C=O) groups excluding carboxylic acids is 1. The predicted molar refractivity (Wildman–Crippen MR) is 81.2 cm³/mol. The second-order valence-electron chi connectivity index (χ2n) is 6.61. The normalized spacial score (nSPS) is 23.9. The molecular formula is C16H28N2O3. The lowest BCUT2D eigenvalue weighted by molar-refractivity contribution is -0.138. The molecule has 1 saturated heterocycles. The number of urea groups is 1. The quantitative estimate of drug-likeness (QED) is 0.867. The molecule has 1 aliphatic heterocycles. The van der Waals surface area contributed by atoms with Crippen LogP contribution in [0.1, 0.15) is 57.8 Å². The monoisotopic (exact) mass is 296 g/mol. The van der Waals surface area contributed by atoms with E-state index in [9.17, 15) is 9.59 Å². The van der Waals surface area contributed by atoms with Crippen LogP contribution in [0.15, 0.2) is 0 Å². The van der Waals surface area contributed by atoms with E-state index >= 15 is 0 Å². The summed E-state index contributed by atoms with van der Waals surface area (Å²) in [5.41, 5.74) is 0. The van der Waals surface area contributed by atoms with Gasteiger partial charge in [-0.15, -0.1) is 0 Å². The maximum absolute atomic E-state index is 12.6. The molecule has 1 aliphatic carbocycles. The number of hydrogen-bond acceptors (Lipinski definition) is 2. The van der Waals surface area contributed by atoms with E-state index in [1.54, 1.807) is 4.90 Å². The van der Waals surface area contributed by atoms with Gasteiger partial charge in [0.15, 0.2) is 0 Å². The minimum atomic E-state index is -0.811. The summed E-state index contributed by atoms with van der Waals surface area (Å²) in [6.07, 6.45) is 9.20. The Bertz CT molecular complexity index is 367. The van der Waals surface area contributed by atoms with Crippen molar-refractivity contribution >= 4 is 12.0 Å². The van der Waals surface area contributed by atoms with Gasteiger partial charge in [-0.3, -0.25) is 4.79 Å². The Balaban J connectivity index is 1.90. The number of rotatable bonds is 4. The Hall–Kier alpha value is -1.26. The standard InChI is InChI=1S/C16H28N2O3/c1-17(12-13-7-3-2-4-8-13)16(21)18-10-6-5-9-14(18)11-15(19)20/h13-14H,2-12H2,1H3,(H,19,20). The first kappa shape index (κ1) is 16.1. The largest absolute Gasteiger partial charge is 0.481 e. The highest BCUT2D eigenvalue weighted by Crippen LogP contribution is 2.26. The third kappa shape index (κ3) is 4.61. The lowest BCUT2D eigenvalue weighted by Crippen LogP contribution is -2.50. The van der Waals surface area contributed by atoms with Crippen LogP contribution in [0.5, 0.6) is 0 Å². The molecule has 1 saturated carbocycles. The number of likely N-dealkylation sites (tertiary alicyclic amines) is 1. The summed E-state index contributed by atoms with van der Waals surface area (Å²) in [7, 11) is 1.86. The Morgan fingerprint density at radius 1 is 1.10 bits per heavy atom. The van der Waals surface area contributed by atoms with Gasteiger partial charge in [-0.2, -0.15) is 0 Å². The number of hydrogen-bond donors (Lipinski definition) is 1. The number of carboxylic acid groups (broad SMARTS) is 1. The van der Waals surface area contributed by atoms with E-state index in [1.165, 1.54) is 32.1 Å². The fraction of sp³-hybridized carbons (Fsp3) is 0.875. The van der Waals surface area contributed by atoms with E-state index in [2.05, 4.69) is 0 Å². The molecule has 0 aromatic rings. The Labute approximate surface area is 127 Å². The summed E-state index contributed by atoms with van der Waals surface area (Å²) in [6, 6.07) is -0.107. The van der Waals surface area contributed by atoms with Gasteiger partial charge in [0.2, 0.25) is 0 Å². The molecule has 1 N–H and O–H groups in total. The molecular weight excluding hydrogens is 268 g/mol. The van der Waals surface area contributed by atoms with E-state index in [1.807, 2.05) is 11.9 Å². The molecule has 2 amide bonds. The second kappa shape index (κ2) is 7.66. The van der Waals surface area contributed by atoms with Gasteiger partial charge in [-0.05, 0) is 38.0 Å². The summed E-state index contributed by atoms with van der Waals surface area (Å²) in [5.74, 6) is -0.190. The molecule has 2 aliphatic rings. The van der Waals surface area contributed by atoms with Crippen LogP contribution in [0.2, 0.25) is 0 Å². The maximum Gasteiger partial charge on any atom is 0.320 e. The molecule has 5 nitrogen and oxygen atoms in total. The number of aliphatic carboxylic acids is 1. The van der Waals surface area contributed by atoms with Crippen LogP contribution in [0.3, 0.4) is 0 Å². The highest BCUT2D eigenvalue weighted by Gasteiger charge is 2.31. The van der Waals surface area contributed by atoms with E-state index in [-0.39, 0.29) is 18.5 Å². The molecule has 5 heteroatoms.